The maximum atomic E-state index is 10.1. The Hall–Kier alpha value is -0.630. The topological polar surface area (TPSA) is 57.5 Å². The van der Waals surface area contributed by atoms with E-state index in [0.29, 0.717) is 19.3 Å². The van der Waals surface area contributed by atoms with E-state index in [4.69, 9.17) is 0 Å². The fourth-order valence-electron chi connectivity index (χ4n) is 1.68. The van der Waals surface area contributed by atoms with Crippen LogP contribution in [0.1, 0.15) is 26.2 Å². The third-order valence-corrected chi connectivity index (χ3v) is 2.43. The molecule has 0 amide bonds. The van der Waals surface area contributed by atoms with Crippen LogP contribution in [0.2, 0.25) is 0 Å². The van der Waals surface area contributed by atoms with Crippen molar-refractivity contribution >= 4 is 5.94 Å². The minimum Gasteiger partial charge on any atom is -0.392 e. The summed E-state index contributed by atoms with van der Waals surface area (Å²) in [5.74, 6) is 1.43. The molecule has 68 valence electrons. The van der Waals surface area contributed by atoms with Crippen molar-refractivity contribution in [1.29, 1.82) is 0 Å². The van der Waals surface area contributed by atoms with E-state index in [2.05, 4.69) is 0 Å². The van der Waals surface area contributed by atoms with Crippen molar-refractivity contribution < 1.29 is 15.0 Å². The Morgan fingerprint density at radius 2 is 2.33 bits per heavy atom. The second-order valence-electron chi connectivity index (χ2n) is 3.76. The van der Waals surface area contributed by atoms with Gasteiger partial charge in [0.1, 0.15) is 5.94 Å². The molecule has 0 aromatic rings. The maximum absolute atomic E-state index is 10.1. The third kappa shape index (κ3) is 2.18. The van der Waals surface area contributed by atoms with Crippen molar-refractivity contribution in [3.05, 3.63) is 6.08 Å². The van der Waals surface area contributed by atoms with Crippen molar-refractivity contribution in [3.8, 4) is 0 Å². The second kappa shape index (κ2) is 3.40. The van der Waals surface area contributed by atoms with Crippen LogP contribution in [0.25, 0.3) is 0 Å². The van der Waals surface area contributed by atoms with Gasteiger partial charge < -0.3 is 10.2 Å². The van der Waals surface area contributed by atoms with Crippen molar-refractivity contribution in [1.82, 2.24) is 0 Å². The molecule has 0 aliphatic heterocycles. The average Bonchev–Trinajstić information content (AvgIpc) is 1.97. The molecule has 0 bridgehead atoms. The zero-order chi connectivity index (χ0) is 9.19. The molecule has 1 aliphatic rings. The Kier molecular flexibility index (Phi) is 2.68. The number of aliphatic hydroxyl groups excluding tert-OH is 1. The Balaban J connectivity index is 2.65. The molecule has 0 spiro atoms. The summed E-state index contributed by atoms with van der Waals surface area (Å²) in [6.07, 6.45) is 2.40. The van der Waals surface area contributed by atoms with Crippen molar-refractivity contribution in [2.75, 3.05) is 0 Å². The van der Waals surface area contributed by atoms with E-state index in [1.165, 1.54) is 6.08 Å². The lowest BCUT2D eigenvalue weighted by Crippen LogP contribution is -2.38. The molecule has 1 aliphatic carbocycles. The van der Waals surface area contributed by atoms with Crippen molar-refractivity contribution in [3.63, 3.8) is 0 Å². The lowest BCUT2D eigenvalue weighted by atomic mass is 9.77. The molecule has 3 heteroatoms. The van der Waals surface area contributed by atoms with Gasteiger partial charge in [0, 0.05) is 12.0 Å². The number of rotatable bonds is 1. The van der Waals surface area contributed by atoms with Gasteiger partial charge in [-0.15, -0.1) is 0 Å². The van der Waals surface area contributed by atoms with Gasteiger partial charge in [0.25, 0.3) is 0 Å². The van der Waals surface area contributed by atoms with Crippen molar-refractivity contribution in [2.45, 2.75) is 37.9 Å². The van der Waals surface area contributed by atoms with E-state index in [1.807, 2.05) is 0 Å². The standard InChI is InChI=1S/C9H14O3/c1-9(12)4-2-8(11)7(6-9)3-5-10/h3,7-8,11-12H,2,4,6H2,1H3. The van der Waals surface area contributed by atoms with Crippen LogP contribution in [0, 0.1) is 5.92 Å². The van der Waals surface area contributed by atoms with Crippen LogP contribution in [0.3, 0.4) is 0 Å². The van der Waals surface area contributed by atoms with Gasteiger partial charge in [-0.05, 0) is 26.2 Å². The van der Waals surface area contributed by atoms with Crippen LogP contribution in [0.4, 0.5) is 0 Å². The SMILES string of the molecule is CC1(O)CCC(O)C(C=C=O)C1. The molecule has 0 saturated heterocycles. The predicted molar refractivity (Wildman–Crippen MR) is 44.2 cm³/mol. The molecule has 0 aromatic heterocycles. The van der Waals surface area contributed by atoms with Gasteiger partial charge in [-0.1, -0.05) is 0 Å². The minimum absolute atomic E-state index is 0.230. The molecular weight excluding hydrogens is 156 g/mol. The first-order chi connectivity index (χ1) is 5.55. The Morgan fingerprint density at radius 3 is 2.92 bits per heavy atom. The molecule has 12 heavy (non-hydrogen) atoms. The quantitative estimate of drug-likeness (QED) is 0.556. The monoisotopic (exact) mass is 170 g/mol. The van der Waals surface area contributed by atoms with E-state index in [9.17, 15) is 15.0 Å². The van der Waals surface area contributed by atoms with E-state index in [1.54, 1.807) is 12.9 Å². The highest BCUT2D eigenvalue weighted by Crippen LogP contribution is 2.32. The highest BCUT2D eigenvalue weighted by atomic mass is 16.3. The lowest BCUT2D eigenvalue weighted by Gasteiger charge is -2.35. The zero-order valence-electron chi connectivity index (χ0n) is 7.16. The van der Waals surface area contributed by atoms with Crippen molar-refractivity contribution in [2.24, 2.45) is 5.92 Å². The van der Waals surface area contributed by atoms with Gasteiger partial charge >= 0.3 is 0 Å². The van der Waals surface area contributed by atoms with Crippen LogP contribution in [0.5, 0.6) is 0 Å². The number of hydrogen-bond acceptors (Lipinski definition) is 3. The fourth-order valence-corrected chi connectivity index (χ4v) is 1.68. The van der Waals surface area contributed by atoms with E-state index < -0.39 is 11.7 Å². The summed E-state index contributed by atoms with van der Waals surface area (Å²) in [7, 11) is 0. The van der Waals surface area contributed by atoms with Crippen LogP contribution in [-0.2, 0) is 4.79 Å². The van der Waals surface area contributed by atoms with Gasteiger partial charge in [-0.25, -0.2) is 4.79 Å². The zero-order valence-corrected chi connectivity index (χ0v) is 7.16. The van der Waals surface area contributed by atoms with E-state index >= 15 is 0 Å². The summed E-state index contributed by atoms with van der Waals surface area (Å²) in [6.45, 7) is 1.73. The molecule has 0 aromatic carbocycles. The van der Waals surface area contributed by atoms with Gasteiger partial charge in [0.05, 0.1) is 11.7 Å². The molecular formula is C9H14O3. The fraction of sp³-hybridized carbons (Fsp3) is 0.778. The number of hydrogen-bond donors (Lipinski definition) is 2. The van der Waals surface area contributed by atoms with E-state index in [-0.39, 0.29) is 5.92 Å². The molecule has 0 radical (unpaired) electrons. The molecule has 3 atom stereocenters. The van der Waals surface area contributed by atoms with Crippen LogP contribution >= 0.6 is 0 Å². The van der Waals surface area contributed by atoms with Gasteiger partial charge in [-0.2, -0.15) is 0 Å². The normalized spacial score (nSPS) is 41.9. The second-order valence-corrected chi connectivity index (χ2v) is 3.76. The van der Waals surface area contributed by atoms with Crippen LogP contribution in [0.15, 0.2) is 6.08 Å². The van der Waals surface area contributed by atoms with Crippen LogP contribution < -0.4 is 0 Å². The minimum atomic E-state index is -0.739. The molecule has 3 nitrogen and oxygen atoms in total. The summed E-state index contributed by atoms with van der Waals surface area (Å²) in [6, 6.07) is 0. The molecule has 3 unspecified atom stereocenters. The first-order valence-electron chi connectivity index (χ1n) is 4.16. The number of carbonyl (C=O) groups excluding carboxylic acids is 1. The average molecular weight is 170 g/mol. The Bertz CT molecular complexity index is 204. The van der Waals surface area contributed by atoms with Gasteiger partial charge in [0.15, 0.2) is 0 Å². The first kappa shape index (κ1) is 9.46. The summed E-state index contributed by atoms with van der Waals surface area (Å²) in [4.78, 5) is 10.1. The van der Waals surface area contributed by atoms with Crippen LogP contribution in [-0.4, -0.2) is 27.9 Å². The first-order valence-corrected chi connectivity index (χ1v) is 4.16. The molecule has 1 fully saturated rings. The lowest BCUT2D eigenvalue weighted by molar-refractivity contribution is -0.0390. The third-order valence-electron chi connectivity index (χ3n) is 2.43. The molecule has 1 rings (SSSR count). The largest absolute Gasteiger partial charge is 0.392 e. The Morgan fingerprint density at radius 1 is 1.67 bits per heavy atom. The van der Waals surface area contributed by atoms with E-state index in [0.717, 1.165) is 0 Å². The maximum Gasteiger partial charge on any atom is 0.120 e. The summed E-state index contributed by atoms with van der Waals surface area (Å²) in [5, 5.41) is 19.0. The smallest absolute Gasteiger partial charge is 0.120 e. The number of aliphatic hydroxyl groups is 2. The highest BCUT2D eigenvalue weighted by Gasteiger charge is 2.34. The Labute approximate surface area is 71.7 Å². The molecule has 0 heterocycles. The van der Waals surface area contributed by atoms with Gasteiger partial charge in [0.2, 0.25) is 0 Å². The molecule has 1 saturated carbocycles. The summed E-state index contributed by atoms with van der Waals surface area (Å²) >= 11 is 0. The van der Waals surface area contributed by atoms with Gasteiger partial charge in [-0.3, -0.25) is 0 Å². The summed E-state index contributed by atoms with van der Waals surface area (Å²) < 4.78 is 0. The predicted octanol–water partition coefficient (Wildman–Crippen LogP) is 0.286. The molecule has 2 N–H and O–H groups in total. The summed E-state index contributed by atoms with van der Waals surface area (Å²) in [5.41, 5.74) is -0.739. The highest BCUT2D eigenvalue weighted by molar-refractivity contribution is 5.46.